The highest BCUT2D eigenvalue weighted by molar-refractivity contribution is 6.31. The summed E-state index contributed by atoms with van der Waals surface area (Å²) in [6.45, 7) is -0.269. The number of halogens is 3. The van der Waals surface area contributed by atoms with Crippen LogP contribution in [0.5, 0.6) is 0 Å². The van der Waals surface area contributed by atoms with Crippen molar-refractivity contribution in [3.63, 3.8) is 0 Å². The van der Waals surface area contributed by atoms with Crippen LogP contribution in [0.15, 0.2) is 48.5 Å². The van der Waals surface area contributed by atoms with Crippen LogP contribution in [0, 0.1) is 0 Å². The van der Waals surface area contributed by atoms with Crippen molar-refractivity contribution in [2.75, 3.05) is 6.61 Å². The Balaban J connectivity index is 1.63. The molecule has 0 radical (unpaired) electrons. The van der Waals surface area contributed by atoms with Crippen molar-refractivity contribution >= 4 is 46.7 Å². The minimum atomic E-state index is -2.03. The molecule has 1 aliphatic heterocycles. The average molecular weight is 446 g/mol. The number of benzene rings is 2. The van der Waals surface area contributed by atoms with Crippen LogP contribution in [0.1, 0.15) is 27.1 Å². The molecule has 1 N–H and O–H groups in total. The molecule has 1 heterocycles. The summed E-state index contributed by atoms with van der Waals surface area (Å²) < 4.78 is 15.8. The van der Waals surface area contributed by atoms with Gasteiger partial charge in [0.15, 0.2) is 0 Å². The minimum Gasteiger partial charge on any atom is -0.459 e. The third-order valence-corrected chi connectivity index (χ3v) is 4.74. The largest absolute Gasteiger partial charge is 0.459 e. The Hall–Kier alpha value is -1.83. The maximum atomic E-state index is 12.3. The monoisotopic (exact) mass is 444 g/mol. The van der Waals surface area contributed by atoms with Crippen molar-refractivity contribution < 1.29 is 28.9 Å². The van der Waals surface area contributed by atoms with Gasteiger partial charge in [0, 0.05) is 10.0 Å². The fraction of sp³-hybridized carbons (Fsp3) is 0.263. The molecular weight excluding hydrogens is 431 g/mol. The first-order valence-electron chi connectivity index (χ1n) is 8.22. The van der Waals surface area contributed by atoms with Crippen LogP contribution in [0.4, 0.5) is 0 Å². The summed E-state index contributed by atoms with van der Waals surface area (Å²) in [6.07, 6.45) is -2.03. The van der Waals surface area contributed by atoms with Crippen molar-refractivity contribution in [1.82, 2.24) is 0 Å². The summed E-state index contributed by atoms with van der Waals surface area (Å²) in [6, 6.07) is 12.2. The molecule has 0 spiro atoms. The van der Waals surface area contributed by atoms with E-state index in [-0.39, 0.29) is 18.6 Å². The van der Waals surface area contributed by atoms with E-state index in [2.05, 4.69) is 0 Å². The number of rotatable bonds is 5. The van der Waals surface area contributed by atoms with Crippen LogP contribution in [-0.2, 0) is 14.2 Å². The van der Waals surface area contributed by atoms with E-state index in [1.165, 1.54) is 24.3 Å². The quantitative estimate of drug-likeness (QED) is 0.552. The second kappa shape index (κ2) is 8.68. The molecule has 9 heteroatoms. The van der Waals surface area contributed by atoms with E-state index in [1.807, 2.05) is 0 Å². The lowest BCUT2D eigenvalue weighted by molar-refractivity contribution is -0.140. The van der Waals surface area contributed by atoms with Gasteiger partial charge in [-0.05, 0) is 48.5 Å². The highest BCUT2D eigenvalue weighted by Gasteiger charge is 2.47. The first kappa shape index (κ1) is 20.9. The van der Waals surface area contributed by atoms with E-state index in [9.17, 15) is 14.7 Å². The Bertz CT molecular complexity index is 851. The molecule has 0 saturated carbocycles. The first-order chi connectivity index (χ1) is 13.2. The normalized spacial score (nSPS) is 24.0. The lowest BCUT2D eigenvalue weighted by Gasteiger charge is -2.18. The summed E-state index contributed by atoms with van der Waals surface area (Å²) in [4.78, 5) is 24.4. The van der Waals surface area contributed by atoms with Crippen LogP contribution < -0.4 is 0 Å². The van der Waals surface area contributed by atoms with Crippen LogP contribution in [0.25, 0.3) is 0 Å². The van der Waals surface area contributed by atoms with E-state index < -0.39 is 29.4 Å². The van der Waals surface area contributed by atoms with Gasteiger partial charge >= 0.3 is 11.9 Å². The Labute approximate surface area is 175 Å². The molecule has 0 aliphatic carbocycles. The molecule has 2 aromatic carbocycles. The number of alkyl halides is 1. The SMILES string of the molecule is O=C(OC[C@@H]1OC(O)(Cl)C[C@H]1OC(=O)c1ccc(Cl)cc1)c1ccc(Cl)cc1. The lowest BCUT2D eigenvalue weighted by atomic mass is 10.1. The third-order valence-electron chi connectivity index (χ3n) is 4.00. The molecule has 2 aromatic rings. The summed E-state index contributed by atoms with van der Waals surface area (Å²) in [5.41, 5.74) is 0.560. The number of hydrogen-bond acceptors (Lipinski definition) is 6. The summed E-state index contributed by atoms with van der Waals surface area (Å²) in [7, 11) is 0. The van der Waals surface area contributed by atoms with Crippen molar-refractivity contribution in [2.24, 2.45) is 0 Å². The van der Waals surface area contributed by atoms with Gasteiger partial charge in [0.1, 0.15) is 18.8 Å². The summed E-state index contributed by atoms with van der Waals surface area (Å²) in [5.74, 6) is -1.26. The molecule has 1 fully saturated rings. The number of aliphatic hydroxyl groups is 1. The number of ether oxygens (including phenoxy) is 3. The van der Waals surface area contributed by atoms with Gasteiger partial charge < -0.3 is 19.3 Å². The van der Waals surface area contributed by atoms with Crippen molar-refractivity contribution in [2.45, 2.75) is 23.9 Å². The van der Waals surface area contributed by atoms with Crippen LogP contribution >= 0.6 is 34.8 Å². The van der Waals surface area contributed by atoms with Gasteiger partial charge in [-0.2, -0.15) is 0 Å². The Morgan fingerprint density at radius 2 is 1.50 bits per heavy atom. The molecule has 0 aromatic heterocycles. The molecule has 1 unspecified atom stereocenters. The van der Waals surface area contributed by atoms with Crippen LogP contribution in [-0.4, -0.2) is 41.1 Å². The van der Waals surface area contributed by atoms with Gasteiger partial charge in [-0.25, -0.2) is 9.59 Å². The van der Waals surface area contributed by atoms with Gasteiger partial charge in [0.2, 0.25) is 5.25 Å². The minimum absolute atomic E-state index is 0.183. The molecule has 148 valence electrons. The molecule has 0 amide bonds. The number of carbonyl (C=O) groups is 2. The summed E-state index contributed by atoms with van der Waals surface area (Å²) >= 11 is 17.4. The van der Waals surface area contributed by atoms with E-state index in [4.69, 9.17) is 49.0 Å². The summed E-state index contributed by atoms with van der Waals surface area (Å²) in [5, 5.41) is 8.88. The molecule has 3 rings (SSSR count). The topological polar surface area (TPSA) is 82.1 Å². The van der Waals surface area contributed by atoms with E-state index >= 15 is 0 Å². The zero-order valence-electron chi connectivity index (χ0n) is 14.3. The molecule has 1 saturated heterocycles. The van der Waals surface area contributed by atoms with E-state index in [0.29, 0.717) is 15.6 Å². The second-order valence-corrected chi connectivity index (χ2v) is 7.57. The maximum Gasteiger partial charge on any atom is 0.338 e. The number of esters is 2. The molecule has 1 aliphatic rings. The van der Waals surface area contributed by atoms with Crippen molar-refractivity contribution in [3.8, 4) is 0 Å². The molecule has 3 atom stereocenters. The zero-order chi connectivity index (χ0) is 20.3. The highest BCUT2D eigenvalue weighted by Crippen LogP contribution is 2.34. The fourth-order valence-electron chi connectivity index (χ4n) is 2.61. The van der Waals surface area contributed by atoms with Gasteiger partial charge in [-0.15, -0.1) is 0 Å². The van der Waals surface area contributed by atoms with Crippen molar-refractivity contribution in [3.05, 3.63) is 69.7 Å². The van der Waals surface area contributed by atoms with E-state index in [0.717, 1.165) is 0 Å². The number of hydrogen-bond donors (Lipinski definition) is 1. The Morgan fingerprint density at radius 3 is 2.04 bits per heavy atom. The van der Waals surface area contributed by atoms with Gasteiger partial charge in [-0.3, -0.25) is 0 Å². The Morgan fingerprint density at radius 1 is 1.00 bits per heavy atom. The predicted molar refractivity (Wildman–Crippen MR) is 103 cm³/mol. The van der Waals surface area contributed by atoms with E-state index in [1.54, 1.807) is 24.3 Å². The lowest BCUT2D eigenvalue weighted by Crippen LogP contribution is -2.32. The maximum absolute atomic E-state index is 12.3. The van der Waals surface area contributed by atoms with Gasteiger partial charge in [-0.1, -0.05) is 34.8 Å². The first-order valence-corrected chi connectivity index (χ1v) is 9.35. The third kappa shape index (κ3) is 5.37. The van der Waals surface area contributed by atoms with Crippen LogP contribution in [0.3, 0.4) is 0 Å². The average Bonchev–Trinajstić information content (AvgIpc) is 2.94. The second-order valence-electron chi connectivity index (χ2n) is 6.11. The highest BCUT2D eigenvalue weighted by atomic mass is 35.5. The van der Waals surface area contributed by atoms with Crippen LogP contribution in [0.2, 0.25) is 10.0 Å². The smallest absolute Gasteiger partial charge is 0.338 e. The molecule has 0 bridgehead atoms. The number of carbonyl (C=O) groups excluding carboxylic acids is 2. The standard InChI is InChI=1S/C19H15Cl3O6/c20-13-5-1-11(2-6-13)17(23)26-10-16-15(9-19(22,25)28-16)27-18(24)12-3-7-14(21)8-4-12/h1-8,15-16,25H,9-10H2/t15-,16+,19?/m1/s1. The predicted octanol–water partition coefficient (Wildman–Crippen LogP) is 4.05. The molecule has 6 nitrogen and oxygen atoms in total. The molecular formula is C19H15Cl3O6. The molecule has 28 heavy (non-hydrogen) atoms. The van der Waals surface area contributed by atoms with Gasteiger partial charge in [0.05, 0.1) is 17.5 Å². The van der Waals surface area contributed by atoms with Gasteiger partial charge in [0.25, 0.3) is 0 Å². The Kier molecular flexibility index (Phi) is 6.47. The zero-order valence-corrected chi connectivity index (χ0v) is 16.6. The fourth-order valence-corrected chi connectivity index (χ4v) is 3.13. The van der Waals surface area contributed by atoms with Crippen molar-refractivity contribution in [1.29, 1.82) is 0 Å².